The van der Waals surface area contributed by atoms with E-state index in [9.17, 15) is 9.59 Å². The summed E-state index contributed by atoms with van der Waals surface area (Å²) in [6.45, 7) is 3.63. The van der Waals surface area contributed by atoms with Gasteiger partial charge in [-0.1, -0.05) is 0 Å². The van der Waals surface area contributed by atoms with Gasteiger partial charge in [0.25, 0.3) is 5.91 Å². The van der Waals surface area contributed by atoms with Gasteiger partial charge >= 0.3 is 5.97 Å². The monoisotopic (exact) mass is 319 g/mol. The van der Waals surface area contributed by atoms with Crippen LogP contribution >= 0.6 is 27.3 Å². The molecule has 17 heavy (non-hydrogen) atoms. The maximum Gasteiger partial charge on any atom is 0.303 e. The minimum absolute atomic E-state index is 0.0431. The number of halogens is 1. The molecule has 0 fully saturated rings. The molecule has 0 aliphatic carbocycles. The van der Waals surface area contributed by atoms with Crippen LogP contribution < -0.4 is 5.32 Å². The van der Waals surface area contributed by atoms with E-state index in [-0.39, 0.29) is 12.3 Å². The van der Waals surface area contributed by atoms with Crippen LogP contribution in [-0.2, 0) is 4.79 Å². The molecule has 0 bridgehead atoms. The van der Waals surface area contributed by atoms with Crippen molar-refractivity contribution in [2.45, 2.75) is 32.2 Å². The average molecular weight is 320 g/mol. The van der Waals surface area contributed by atoms with Crippen molar-refractivity contribution in [3.63, 3.8) is 0 Å². The fourth-order valence-corrected chi connectivity index (χ4v) is 2.57. The summed E-state index contributed by atoms with van der Waals surface area (Å²) in [5, 5.41) is 11.4. The Morgan fingerprint density at radius 1 is 1.47 bits per heavy atom. The van der Waals surface area contributed by atoms with E-state index in [0.717, 1.165) is 3.79 Å². The molecule has 0 aliphatic rings. The summed E-state index contributed by atoms with van der Waals surface area (Å²) in [6.07, 6.45) is 0.446. The fourth-order valence-electron chi connectivity index (χ4n) is 1.29. The quantitative estimate of drug-likeness (QED) is 0.877. The first-order valence-electron chi connectivity index (χ1n) is 5.10. The number of carbonyl (C=O) groups is 2. The summed E-state index contributed by atoms with van der Waals surface area (Å²) in [7, 11) is 0. The topological polar surface area (TPSA) is 66.4 Å². The number of hydrogen-bond donors (Lipinski definition) is 2. The van der Waals surface area contributed by atoms with Gasteiger partial charge < -0.3 is 10.4 Å². The van der Waals surface area contributed by atoms with Gasteiger partial charge in [-0.25, -0.2) is 0 Å². The van der Waals surface area contributed by atoms with E-state index in [1.807, 2.05) is 19.9 Å². The third-order valence-corrected chi connectivity index (χ3v) is 3.84. The molecule has 1 heterocycles. The first-order chi connectivity index (χ1) is 7.80. The number of carboxylic acid groups (broad SMARTS) is 1. The molecule has 0 saturated carbocycles. The van der Waals surface area contributed by atoms with Gasteiger partial charge in [-0.3, -0.25) is 9.59 Å². The van der Waals surface area contributed by atoms with Crippen LogP contribution in [0.15, 0.2) is 15.9 Å². The maximum absolute atomic E-state index is 11.8. The number of carboxylic acids is 1. The van der Waals surface area contributed by atoms with Crippen molar-refractivity contribution in [2.24, 2.45) is 0 Å². The smallest absolute Gasteiger partial charge is 0.303 e. The zero-order chi connectivity index (χ0) is 13.1. The average Bonchev–Trinajstić information content (AvgIpc) is 2.61. The van der Waals surface area contributed by atoms with Crippen LogP contribution in [0.4, 0.5) is 0 Å². The van der Waals surface area contributed by atoms with E-state index in [2.05, 4.69) is 21.2 Å². The second kappa shape index (κ2) is 5.64. The number of amides is 1. The third kappa shape index (κ3) is 4.87. The van der Waals surface area contributed by atoms with Crippen molar-refractivity contribution >= 4 is 39.1 Å². The first kappa shape index (κ1) is 14.2. The number of thiophene rings is 1. The first-order valence-corrected chi connectivity index (χ1v) is 6.71. The maximum atomic E-state index is 11.8. The van der Waals surface area contributed by atoms with Crippen LogP contribution in [0.3, 0.4) is 0 Å². The van der Waals surface area contributed by atoms with Gasteiger partial charge in [0.15, 0.2) is 0 Å². The molecule has 1 aromatic rings. The van der Waals surface area contributed by atoms with Gasteiger partial charge in [-0.15, -0.1) is 11.3 Å². The number of carbonyl (C=O) groups excluding carboxylic acids is 1. The van der Waals surface area contributed by atoms with Crippen molar-refractivity contribution in [1.29, 1.82) is 0 Å². The van der Waals surface area contributed by atoms with Crippen LogP contribution in [0.5, 0.6) is 0 Å². The summed E-state index contributed by atoms with van der Waals surface area (Å²) >= 11 is 4.64. The zero-order valence-corrected chi connectivity index (χ0v) is 12.0. The Morgan fingerprint density at radius 3 is 2.59 bits per heavy atom. The van der Waals surface area contributed by atoms with Gasteiger partial charge in [0.05, 0.1) is 8.66 Å². The highest BCUT2D eigenvalue weighted by atomic mass is 79.9. The lowest BCUT2D eigenvalue weighted by molar-refractivity contribution is -0.137. The van der Waals surface area contributed by atoms with Gasteiger partial charge in [-0.05, 0) is 48.3 Å². The number of nitrogens with one attached hydrogen (secondary N) is 1. The molecule has 6 heteroatoms. The van der Waals surface area contributed by atoms with E-state index < -0.39 is 11.5 Å². The van der Waals surface area contributed by atoms with E-state index in [0.29, 0.717) is 11.3 Å². The molecule has 0 aliphatic heterocycles. The molecule has 0 spiro atoms. The lowest BCUT2D eigenvalue weighted by Crippen LogP contribution is -2.43. The van der Waals surface area contributed by atoms with Crippen molar-refractivity contribution in [2.75, 3.05) is 0 Å². The molecule has 94 valence electrons. The molecule has 0 atom stereocenters. The van der Waals surface area contributed by atoms with Crippen molar-refractivity contribution < 1.29 is 14.7 Å². The Balaban J connectivity index is 2.58. The Labute approximate surface area is 112 Å². The van der Waals surface area contributed by atoms with E-state index in [4.69, 9.17) is 5.11 Å². The molecule has 0 unspecified atom stereocenters. The highest BCUT2D eigenvalue weighted by molar-refractivity contribution is 9.11. The zero-order valence-electron chi connectivity index (χ0n) is 9.62. The lowest BCUT2D eigenvalue weighted by atomic mass is 9.98. The van der Waals surface area contributed by atoms with E-state index in [1.54, 1.807) is 6.07 Å². The molecule has 0 aromatic carbocycles. The predicted molar refractivity (Wildman–Crippen MR) is 70.4 cm³/mol. The number of hydrogen-bond acceptors (Lipinski definition) is 3. The number of rotatable bonds is 5. The Bertz CT molecular complexity index is 428. The lowest BCUT2D eigenvalue weighted by Gasteiger charge is -2.25. The Hall–Kier alpha value is -0.880. The SMILES string of the molecule is CC(C)(CCC(=O)O)NC(=O)c1ccc(Br)s1. The molecule has 0 radical (unpaired) electrons. The van der Waals surface area contributed by atoms with Gasteiger partial charge in [-0.2, -0.15) is 0 Å². The molecule has 1 rings (SSSR count). The fraction of sp³-hybridized carbons (Fsp3) is 0.455. The summed E-state index contributed by atoms with van der Waals surface area (Å²) in [4.78, 5) is 22.9. The van der Waals surface area contributed by atoms with Crippen molar-refractivity contribution in [1.82, 2.24) is 5.32 Å². The molecule has 2 N–H and O–H groups in total. The third-order valence-electron chi connectivity index (χ3n) is 2.21. The predicted octanol–water partition coefficient (Wildman–Crippen LogP) is 2.88. The largest absolute Gasteiger partial charge is 0.481 e. The highest BCUT2D eigenvalue weighted by Gasteiger charge is 2.22. The molecule has 1 amide bonds. The van der Waals surface area contributed by atoms with Gasteiger partial charge in [0.2, 0.25) is 0 Å². The second-order valence-electron chi connectivity index (χ2n) is 4.34. The molecular weight excluding hydrogens is 306 g/mol. The van der Waals surface area contributed by atoms with Gasteiger partial charge in [0.1, 0.15) is 0 Å². The molecular formula is C11H14BrNO3S. The standard InChI is InChI=1S/C11H14BrNO3S/c1-11(2,6-5-9(14)15)13-10(16)7-3-4-8(12)17-7/h3-4H,5-6H2,1-2H3,(H,13,16)(H,14,15). The summed E-state index contributed by atoms with van der Waals surface area (Å²) in [5.74, 6) is -1.03. The van der Waals surface area contributed by atoms with Crippen molar-refractivity contribution in [3.05, 3.63) is 20.8 Å². The van der Waals surface area contributed by atoms with Crippen LogP contribution in [-0.4, -0.2) is 22.5 Å². The molecule has 1 aromatic heterocycles. The highest BCUT2D eigenvalue weighted by Crippen LogP contribution is 2.23. The molecule has 0 saturated heterocycles. The Kier molecular flexibility index (Phi) is 4.70. The van der Waals surface area contributed by atoms with Crippen LogP contribution in [0.25, 0.3) is 0 Å². The number of aliphatic carboxylic acids is 1. The summed E-state index contributed by atoms with van der Waals surface area (Å²) < 4.78 is 0.894. The second-order valence-corrected chi connectivity index (χ2v) is 6.80. The van der Waals surface area contributed by atoms with E-state index in [1.165, 1.54) is 11.3 Å². The van der Waals surface area contributed by atoms with Crippen LogP contribution in [0.2, 0.25) is 0 Å². The van der Waals surface area contributed by atoms with Crippen molar-refractivity contribution in [3.8, 4) is 0 Å². The summed E-state index contributed by atoms with van der Waals surface area (Å²) in [6, 6.07) is 3.54. The Morgan fingerprint density at radius 2 is 2.12 bits per heavy atom. The van der Waals surface area contributed by atoms with Crippen LogP contribution in [0, 0.1) is 0 Å². The van der Waals surface area contributed by atoms with Gasteiger partial charge in [0, 0.05) is 12.0 Å². The summed E-state index contributed by atoms with van der Waals surface area (Å²) in [5.41, 5.74) is -0.522. The minimum Gasteiger partial charge on any atom is -0.481 e. The molecule has 4 nitrogen and oxygen atoms in total. The normalized spacial score (nSPS) is 11.2. The van der Waals surface area contributed by atoms with Crippen LogP contribution in [0.1, 0.15) is 36.4 Å². The van der Waals surface area contributed by atoms with E-state index >= 15 is 0 Å². The minimum atomic E-state index is -0.855.